The molecule has 0 radical (unpaired) electrons. The zero-order valence-electron chi connectivity index (χ0n) is 17.8. The topological polar surface area (TPSA) is 71.1 Å². The average Bonchev–Trinajstić information content (AvgIpc) is 2.77. The monoisotopic (exact) mass is 418 g/mol. The van der Waals surface area contributed by atoms with Gasteiger partial charge < -0.3 is 18.9 Å². The Labute approximate surface area is 179 Å². The van der Waals surface area contributed by atoms with Crippen LogP contribution < -0.4 is 0 Å². The fourth-order valence-corrected chi connectivity index (χ4v) is 2.77. The highest BCUT2D eigenvalue weighted by Gasteiger charge is 2.18. The molecule has 0 aliphatic rings. The first-order valence-corrected chi connectivity index (χ1v) is 10.6. The zero-order chi connectivity index (χ0) is 21.9. The molecule has 0 heterocycles. The van der Waals surface area contributed by atoms with E-state index in [0.717, 1.165) is 51.4 Å². The molecule has 6 heteroatoms. The predicted molar refractivity (Wildman–Crippen MR) is 116 cm³/mol. The number of hydrogen-bond donors (Lipinski definition) is 0. The summed E-state index contributed by atoms with van der Waals surface area (Å²) < 4.78 is 20.8. The van der Waals surface area contributed by atoms with Crippen molar-refractivity contribution < 1.29 is 28.5 Å². The van der Waals surface area contributed by atoms with Crippen LogP contribution in [0.2, 0.25) is 0 Å². The van der Waals surface area contributed by atoms with Gasteiger partial charge in [-0.3, -0.25) is 0 Å². The van der Waals surface area contributed by atoms with E-state index in [2.05, 4.69) is 13.2 Å². The Balaban J connectivity index is 2.30. The molecule has 0 spiro atoms. The van der Waals surface area contributed by atoms with Crippen LogP contribution >= 0.6 is 0 Å². The van der Waals surface area contributed by atoms with Crippen LogP contribution in [-0.4, -0.2) is 38.4 Å². The van der Waals surface area contributed by atoms with Crippen LogP contribution in [-0.2, 0) is 18.9 Å². The summed E-state index contributed by atoms with van der Waals surface area (Å²) in [6.45, 7) is 8.94. The van der Waals surface area contributed by atoms with E-state index in [1.54, 1.807) is 24.3 Å². The second-order valence-corrected chi connectivity index (χ2v) is 6.72. The van der Waals surface area contributed by atoms with Crippen molar-refractivity contribution in [3.05, 3.63) is 61.1 Å². The molecule has 6 nitrogen and oxygen atoms in total. The van der Waals surface area contributed by atoms with Gasteiger partial charge >= 0.3 is 11.9 Å². The van der Waals surface area contributed by atoms with Crippen molar-refractivity contribution >= 4 is 11.9 Å². The van der Waals surface area contributed by atoms with Gasteiger partial charge in [-0.2, -0.15) is 0 Å². The van der Waals surface area contributed by atoms with Crippen molar-refractivity contribution in [2.45, 2.75) is 51.4 Å². The van der Waals surface area contributed by atoms with E-state index < -0.39 is 11.9 Å². The lowest BCUT2D eigenvalue weighted by Crippen LogP contribution is -2.15. The van der Waals surface area contributed by atoms with Crippen molar-refractivity contribution in [2.75, 3.05) is 26.4 Å². The van der Waals surface area contributed by atoms with Crippen LogP contribution in [0.4, 0.5) is 0 Å². The lowest BCUT2D eigenvalue weighted by molar-refractivity contribution is 0.0450. The second kappa shape index (κ2) is 17.1. The first-order chi connectivity index (χ1) is 14.7. The number of hydrogen-bond acceptors (Lipinski definition) is 6. The molecule has 0 N–H and O–H groups in total. The van der Waals surface area contributed by atoms with Crippen molar-refractivity contribution in [1.82, 2.24) is 0 Å². The molecule has 0 saturated carbocycles. The van der Waals surface area contributed by atoms with Gasteiger partial charge in [0.1, 0.15) is 0 Å². The smallest absolute Gasteiger partial charge is 0.339 e. The molecule has 0 amide bonds. The Morgan fingerprint density at radius 2 is 1.00 bits per heavy atom. The predicted octanol–water partition coefficient (Wildman–Crippen LogP) is 5.44. The third kappa shape index (κ3) is 11.3. The number of ether oxygens (including phenoxy) is 4. The van der Waals surface area contributed by atoms with Crippen molar-refractivity contribution in [2.24, 2.45) is 0 Å². The van der Waals surface area contributed by atoms with Crippen LogP contribution in [0, 0.1) is 0 Å². The summed E-state index contributed by atoms with van der Waals surface area (Å²) in [5.74, 6) is -1.00. The lowest BCUT2D eigenvalue weighted by Gasteiger charge is -2.10. The van der Waals surface area contributed by atoms with Gasteiger partial charge in [0.25, 0.3) is 0 Å². The van der Waals surface area contributed by atoms with Crippen LogP contribution in [0.3, 0.4) is 0 Å². The van der Waals surface area contributed by atoms with Gasteiger partial charge in [0.05, 0.1) is 50.1 Å². The molecule has 1 aromatic rings. The number of benzene rings is 1. The highest BCUT2D eigenvalue weighted by molar-refractivity contribution is 6.03. The van der Waals surface area contributed by atoms with Gasteiger partial charge in [-0.15, -0.1) is 0 Å². The van der Waals surface area contributed by atoms with Gasteiger partial charge in [0, 0.05) is 0 Å². The normalized spacial score (nSPS) is 10.1. The summed E-state index contributed by atoms with van der Waals surface area (Å²) in [4.78, 5) is 24.7. The number of rotatable bonds is 18. The second-order valence-electron chi connectivity index (χ2n) is 6.72. The van der Waals surface area contributed by atoms with Crippen molar-refractivity contribution in [1.29, 1.82) is 0 Å². The third-order valence-corrected chi connectivity index (χ3v) is 4.38. The summed E-state index contributed by atoms with van der Waals surface area (Å²) in [5, 5.41) is 0. The Morgan fingerprint density at radius 3 is 1.37 bits per heavy atom. The Hall–Kier alpha value is -2.76. The molecule has 0 bridgehead atoms. The maximum absolute atomic E-state index is 12.4. The molecule has 0 fully saturated rings. The van der Waals surface area contributed by atoms with E-state index in [-0.39, 0.29) is 11.1 Å². The molecular formula is C24H34O6. The van der Waals surface area contributed by atoms with Gasteiger partial charge in [-0.1, -0.05) is 25.3 Å². The molecule has 0 atom stereocenters. The summed E-state index contributed by atoms with van der Waals surface area (Å²) in [6.07, 6.45) is 10.2. The highest BCUT2D eigenvalue weighted by atomic mass is 16.5. The van der Waals surface area contributed by atoms with Gasteiger partial charge in [-0.25, -0.2) is 9.59 Å². The SMILES string of the molecule is C=COCCCCCCOC(=O)c1ccccc1C(=O)OCCCCCCOC=C. The summed E-state index contributed by atoms with van der Waals surface area (Å²) in [5.41, 5.74) is 0.479. The highest BCUT2D eigenvalue weighted by Crippen LogP contribution is 2.13. The minimum atomic E-state index is -0.500. The zero-order valence-corrected chi connectivity index (χ0v) is 17.8. The summed E-state index contributed by atoms with van der Waals surface area (Å²) in [7, 11) is 0. The molecule has 0 aliphatic carbocycles. The number of esters is 2. The molecule has 1 rings (SSSR count). The van der Waals surface area contributed by atoms with Crippen molar-refractivity contribution in [3.8, 4) is 0 Å². The first kappa shape index (κ1) is 25.3. The Kier molecular flexibility index (Phi) is 14.4. The first-order valence-electron chi connectivity index (χ1n) is 10.6. The van der Waals surface area contributed by atoms with Crippen LogP contribution in [0.5, 0.6) is 0 Å². The number of carbonyl (C=O) groups is 2. The van der Waals surface area contributed by atoms with E-state index in [9.17, 15) is 9.59 Å². The minimum Gasteiger partial charge on any atom is -0.502 e. The maximum Gasteiger partial charge on any atom is 0.339 e. The molecule has 166 valence electrons. The van der Waals surface area contributed by atoms with Crippen LogP contribution in [0.1, 0.15) is 72.1 Å². The van der Waals surface area contributed by atoms with Crippen molar-refractivity contribution in [3.63, 3.8) is 0 Å². The number of unbranched alkanes of at least 4 members (excludes halogenated alkanes) is 6. The Bertz CT molecular complexity index is 585. The van der Waals surface area contributed by atoms with E-state index in [1.165, 1.54) is 12.5 Å². The maximum atomic E-state index is 12.4. The molecule has 0 unspecified atom stereocenters. The molecule has 0 saturated heterocycles. The standard InChI is InChI=1S/C24H34O6/c1-3-27-17-11-5-7-13-19-29-23(25)21-15-9-10-16-22(21)24(26)30-20-14-8-6-12-18-28-4-2/h3-4,9-10,15-16H,1-2,5-8,11-14,17-20H2. The molecule has 1 aromatic carbocycles. The summed E-state index contributed by atoms with van der Waals surface area (Å²) in [6, 6.07) is 6.59. The molecule has 30 heavy (non-hydrogen) atoms. The van der Waals surface area contributed by atoms with Gasteiger partial charge in [0.2, 0.25) is 0 Å². The third-order valence-electron chi connectivity index (χ3n) is 4.38. The minimum absolute atomic E-state index is 0.239. The Morgan fingerprint density at radius 1 is 0.633 bits per heavy atom. The largest absolute Gasteiger partial charge is 0.502 e. The molecule has 0 aromatic heterocycles. The fourth-order valence-electron chi connectivity index (χ4n) is 2.77. The van der Waals surface area contributed by atoms with E-state index in [4.69, 9.17) is 18.9 Å². The quantitative estimate of drug-likeness (QED) is 0.180. The van der Waals surface area contributed by atoms with E-state index in [0.29, 0.717) is 26.4 Å². The van der Waals surface area contributed by atoms with E-state index >= 15 is 0 Å². The van der Waals surface area contributed by atoms with Crippen LogP contribution in [0.15, 0.2) is 49.9 Å². The average molecular weight is 419 g/mol. The number of carbonyl (C=O) groups excluding carboxylic acids is 2. The van der Waals surface area contributed by atoms with Gasteiger partial charge in [0.15, 0.2) is 0 Å². The molecular weight excluding hydrogens is 384 g/mol. The van der Waals surface area contributed by atoms with Gasteiger partial charge in [-0.05, 0) is 63.5 Å². The van der Waals surface area contributed by atoms with Crippen LogP contribution in [0.25, 0.3) is 0 Å². The summed E-state index contributed by atoms with van der Waals surface area (Å²) >= 11 is 0. The fraction of sp³-hybridized carbons (Fsp3) is 0.500. The van der Waals surface area contributed by atoms with E-state index in [1.807, 2.05) is 0 Å². The molecule has 0 aliphatic heterocycles. The lowest BCUT2D eigenvalue weighted by atomic mass is 10.1.